The molecule has 0 bridgehead atoms. The van der Waals surface area contributed by atoms with Crippen LogP contribution in [0.3, 0.4) is 0 Å². The van der Waals surface area contributed by atoms with E-state index in [-0.39, 0.29) is 0 Å². The van der Waals surface area contributed by atoms with E-state index in [9.17, 15) is 0 Å². The highest BCUT2D eigenvalue weighted by Crippen LogP contribution is 2.23. The summed E-state index contributed by atoms with van der Waals surface area (Å²) in [7, 11) is 0. The Hall–Kier alpha value is -2.32. The Labute approximate surface area is 115 Å². The van der Waals surface area contributed by atoms with Crippen LogP contribution in [0.2, 0.25) is 5.02 Å². The first-order valence-electron chi connectivity index (χ1n) is 5.64. The zero-order chi connectivity index (χ0) is 13.7. The Bertz CT molecular complexity index is 642. The van der Waals surface area contributed by atoms with Gasteiger partial charge in [-0.1, -0.05) is 17.7 Å². The first kappa shape index (κ1) is 13.1. The van der Waals surface area contributed by atoms with Crippen molar-refractivity contribution in [1.29, 1.82) is 5.26 Å². The first-order chi connectivity index (χ1) is 9.26. The molecule has 96 valence electrons. The molecular formula is C13H11ClN4O. The number of hydrogen-bond acceptors (Lipinski definition) is 4. The van der Waals surface area contributed by atoms with Crippen molar-refractivity contribution in [2.45, 2.75) is 6.92 Å². The van der Waals surface area contributed by atoms with Crippen molar-refractivity contribution in [3.05, 3.63) is 41.0 Å². The number of benzene rings is 1. The standard InChI is InChI=1S/C13H11ClN4O/c1-2-19-9-16-13-10(7-15)8-17-18(13)12-5-3-4-11(14)6-12/h3-6,8-9H,2H2,1H3/b16-9+. The Morgan fingerprint density at radius 1 is 1.58 bits per heavy atom. The Kier molecular flexibility index (Phi) is 4.16. The van der Waals surface area contributed by atoms with Crippen molar-refractivity contribution < 1.29 is 4.74 Å². The van der Waals surface area contributed by atoms with Crippen molar-refractivity contribution >= 4 is 23.8 Å². The molecular weight excluding hydrogens is 264 g/mol. The van der Waals surface area contributed by atoms with Gasteiger partial charge in [-0.05, 0) is 25.1 Å². The molecule has 5 nitrogen and oxygen atoms in total. The lowest BCUT2D eigenvalue weighted by molar-refractivity contribution is 0.343. The maximum atomic E-state index is 9.05. The molecule has 1 aromatic carbocycles. The average molecular weight is 275 g/mol. The highest BCUT2D eigenvalue weighted by atomic mass is 35.5. The molecule has 0 unspecified atom stereocenters. The fourth-order valence-electron chi connectivity index (χ4n) is 1.50. The van der Waals surface area contributed by atoms with Gasteiger partial charge in [-0.25, -0.2) is 4.68 Å². The van der Waals surface area contributed by atoms with Gasteiger partial charge in [-0.15, -0.1) is 0 Å². The lowest BCUT2D eigenvalue weighted by atomic mass is 10.3. The van der Waals surface area contributed by atoms with Gasteiger partial charge in [0, 0.05) is 5.02 Å². The number of nitrogens with zero attached hydrogens (tertiary/aromatic N) is 4. The summed E-state index contributed by atoms with van der Waals surface area (Å²) in [6.07, 6.45) is 2.76. The third-order valence-corrected chi connectivity index (χ3v) is 2.57. The fourth-order valence-corrected chi connectivity index (χ4v) is 1.69. The van der Waals surface area contributed by atoms with Crippen molar-refractivity contribution in [3.63, 3.8) is 0 Å². The maximum Gasteiger partial charge on any atom is 0.176 e. The predicted molar refractivity (Wildman–Crippen MR) is 73.1 cm³/mol. The van der Waals surface area contributed by atoms with E-state index < -0.39 is 0 Å². The Balaban J connectivity index is 2.46. The van der Waals surface area contributed by atoms with Crippen LogP contribution in [-0.2, 0) is 4.74 Å². The number of nitriles is 1. The maximum absolute atomic E-state index is 9.05. The van der Waals surface area contributed by atoms with Gasteiger partial charge in [0.05, 0.1) is 18.5 Å². The number of aromatic nitrogens is 2. The van der Waals surface area contributed by atoms with Gasteiger partial charge in [0.2, 0.25) is 0 Å². The second kappa shape index (κ2) is 6.03. The first-order valence-corrected chi connectivity index (χ1v) is 6.02. The lowest BCUT2D eigenvalue weighted by Crippen LogP contribution is -1.96. The summed E-state index contributed by atoms with van der Waals surface area (Å²) in [4.78, 5) is 4.12. The largest absolute Gasteiger partial charge is 0.483 e. The molecule has 6 heteroatoms. The van der Waals surface area contributed by atoms with E-state index in [0.717, 1.165) is 5.69 Å². The lowest BCUT2D eigenvalue weighted by Gasteiger charge is -2.04. The van der Waals surface area contributed by atoms with Crippen molar-refractivity contribution in [2.75, 3.05) is 6.61 Å². The molecule has 0 fully saturated rings. The highest BCUT2D eigenvalue weighted by molar-refractivity contribution is 6.30. The van der Waals surface area contributed by atoms with E-state index in [1.165, 1.54) is 12.6 Å². The molecule has 0 N–H and O–H groups in total. The molecule has 0 radical (unpaired) electrons. The number of halogens is 1. The molecule has 0 amide bonds. The normalized spacial score (nSPS) is 10.6. The van der Waals surface area contributed by atoms with Gasteiger partial charge in [0.25, 0.3) is 0 Å². The summed E-state index contributed by atoms with van der Waals surface area (Å²) in [5.74, 6) is 0.415. The van der Waals surface area contributed by atoms with Crippen LogP contribution in [0.4, 0.5) is 5.82 Å². The molecule has 0 aliphatic rings. The molecule has 0 aliphatic heterocycles. The van der Waals surface area contributed by atoms with Crippen LogP contribution >= 0.6 is 11.6 Å². The van der Waals surface area contributed by atoms with Crippen molar-refractivity contribution in [2.24, 2.45) is 4.99 Å². The van der Waals surface area contributed by atoms with E-state index in [1.807, 2.05) is 19.1 Å². The van der Waals surface area contributed by atoms with Crippen LogP contribution < -0.4 is 0 Å². The minimum absolute atomic E-state index is 0.371. The third-order valence-electron chi connectivity index (χ3n) is 2.33. The topological polar surface area (TPSA) is 63.2 Å². The summed E-state index contributed by atoms with van der Waals surface area (Å²) in [6, 6.07) is 9.19. The molecule has 1 heterocycles. The summed E-state index contributed by atoms with van der Waals surface area (Å²) in [5.41, 5.74) is 1.11. The van der Waals surface area contributed by atoms with Crippen LogP contribution in [0.5, 0.6) is 0 Å². The molecule has 0 aliphatic carbocycles. The monoisotopic (exact) mass is 274 g/mol. The van der Waals surface area contributed by atoms with Gasteiger partial charge in [-0.3, -0.25) is 0 Å². The van der Waals surface area contributed by atoms with E-state index >= 15 is 0 Å². The second-order valence-electron chi connectivity index (χ2n) is 3.58. The summed E-state index contributed by atoms with van der Waals surface area (Å²) < 4.78 is 6.59. The highest BCUT2D eigenvalue weighted by Gasteiger charge is 2.11. The molecule has 0 spiro atoms. The molecule has 2 aromatic rings. The summed E-state index contributed by atoms with van der Waals surface area (Å²) >= 11 is 5.95. The summed E-state index contributed by atoms with van der Waals surface area (Å²) in [5, 5.41) is 13.8. The average Bonchev–Trinajstić information content (AvgIpc) is 2.82. The Morgan fingerprint density at radius 3 is 3.11 bits per heavy atom. The molecule has 0 atom stereocenters. The smallest absolute Gasteiger partial charge is 0.176 e. The van der Waals surface area contributed by atoms with E-state index in [4.69, 9.17) is 21.6 Å². The Morgan fingerprint density at radius 2 is 2.42 bits per heavy atom. The molecule has 1 aromatic heterocycles. The minimum atomic E-state index is 0.371. The van der Waals surface area contributed by atoms with Gasteiger partial charge in [-0.2, -0.15) is 15.4 Å². The number of ether oxygens (including phenoxy) is 1. The SMILES string of the molecule is CCO/C=N/c1c(C#N)cnn1-c1cccc(Cl)c1. The summed E-state index contributed by atoms with van der Waals surface area (Å²) in [6.45, 7) is 2.36. The van der Waals surface area contributed by atoms with Crippen LogP contribution in [0, 0.1) is 11.3 Å². The van der Waals surface area contributed by atoms with E-state index in [1.54, 1.807) is 22.9 Å². The van der Waals surface area contributed by atoms with E-state index in [0.29, 0.717) is 23.0 Å². The zero-order valence-corrected chi connectivity index (χ0v) is 11.0. The molecule has 19 heavy (non-hydrogen) atoms. The number of hydrogen-bond donors (Lipinski definition) is 0. The van der Waals surface area contributed by atoms with Gasteiger partial charge in [0.1, 0.15) is 11.6 Å². The van der Waals surface area contributed by atoms with Crippen molar-refractivity contribution in [3.8, 4) is 11.8 Å². The van der Waals surface area contributed by atoms with Crippen LogP contribution in [0.15, 0.2) is 35.5 Å². The zero-order valence-electron chi connectivity index (χ0n) is 10.2. The van der Waals surface area contributed by atoms with Gasteiger partial charge >= 0.3 is 0 Å². The fraction of sp³-hybridized carbons (Fsp3) is 0.154. The van der Waals surface area contributed by atoms with Crippen LogP contribution in [0.25, 0.3) is 5.69 Å². The minimum Gasteiger partial charge on any atom is -0.483 e. The van der Waals surface area contributed by atoms with Crippen molar-refractivity contribution in [1.82, 2.24) is 9.78 Å². The number of aliphatic imine (C=N–C) groups is 1. The predicted octanol–water partition coefficient (Wildman–Crippen LogP) is 3.09. The van der Waals surface area contributed by atoms with E-state index in [2.05, 4.69) is 10.1 Å². The third kappa shape index (κ3) is 2.92. The van der Waals surface area contributed by atoms with Crippen LogP contribution in [-0.4, -0.2) is 22.8 Å². The van der Waals surface area contributed by atoms with Gasteiger partial charge in [0.15, 0.2) is 12.2 Å². The van der Waals surface area contributed by atoms with Crippen LogP contribution in [0.1, 0.15) is 12.5 Å². The molecule has 0 saturated heterocycles. The molecule has 2 rings (SSSR count). The quantitative estimate of drug-likeness (QED) is 0.636. The second-order valence-corrected chi connectivity index (χ2v) is 4.01. The molecule has 0 saturated carbocycles. The number of rotatable bonds is 4. The van der Waals surface area contributed by atoms with Gasteiger partial charge < -0.3 is 4.74 Å².